The third-order valence-corrected chi connectivity index (χ3v) is 5.40. The fourth-order valence-electron chi connectivity index (χ4n) is 2.79. The number of methoxy groups -OCH3 is 2. The molecule has 0 heterocycles. The Morgan fingerprint density at radius 3 is 1.93 bits per heavy atom. The molecule has 0 radical (unpaired) electrons. The summed E-state index contributed by atoms with van der Waals surface area (Å²) in [6, 6.07) is 15.7. The highest BCUT2D eigenvalue weighted by Crippen LogP contribution is 2.28. The van der Waals surface area contributed by atoms with Gasteiger partial charge in [0.1, 0.15) is 11.5 Å². The van der Waals surface area contributed by atoms with E-state index in [1.165, 1.54) is 0 Å². The van der Waals surface area contributed by atoms with Gasteiger partial charge in [-0.25, -0.2) is 0 Å². The molecule has 0 saturated carbocycles. The minimum Gasteiger partial charge on any atom is -0.497 e. The van der Waals surface area contributed by atoms with Crippen molar-refractivity contribution in [2.24, 2.45) is 5.92 Å². The molecule has 146 valence electrons. The molecular formula is C22H29NO3S. The van der Waals surface area contributed by atoms with E-state index in [4.69, 9.17) is 9.47 Å². The van der Waals surface area contributed by atoms with Gasteiger partial charge in [0.2, 0.25) is 5.91 Å². The van der Waals surface area contributed by atoms with E-state index in [2.05, 4.69) is 19.2 Å². The van der Waals surface area contributed by atoms with Gasteiger partial charge in [0.05, 0.1) is 25.5 Å². The topological polar surface area (TPSA) is 47.6 Å². The van der Waals surface area contributed by atoms with E-state index >= 15 is 0 Å². The number of carbonyl (C=O) groups is 1. The van der Waals surface area contributed by atoms with Gasteiger partial charge in [-0.2, -0.15) is 0 Å². The van der Waals surface area contributed by atoms with Gasteiger partial charge < -0.3 is 14.8 Å². The molecule has 0 bridgehead atoms. The van der Waals surface area contributed by atoms with Crippen LogP contribution in [0.3, 0.4) is 0 Å². The fourth-order valence-corrected chi connectivity index (χ4v) is 3.66. The zero-order chi connectivity index (χ0) is 19.8. The van der Waals surface area contributed by atoms with Crippen LogP contribution in [0.1, 0.15) is 38.8 Å². The van der Waals surface area contributed by atoms with Crippen LogP contribution >= 0.6 is 11.8 Å². The Bertz CT molecular complexity index is 713. The molecule has 0 saturated heterocycles. The Labute approximate surface area is 166 Å². The number of hydrogen-bond acceptors (Lipinski definition) is 4. The molecule has 4 nitrogen and oxygen atoms in total. The molecule has 2 rings (SSSR count). The number of amides is 1. The summed E-state index contributed by atoms with van der Waals surface area (Å²) in [4.78, 5) is 13.8. The van der Waals surface area contributed by atoms with Crippen molar-refractivity contribution in [3.63, 3.8) is 0 Å². The van der Waals surface area contributed by atoms with Gasteiger partial charge in [-0.05, 0) is 61.2 Å². The highest BCUT2D eigenvalue weighted by atomic mass is 32.2. The number of thioether (sulfide) groups is 1. The number of ether oxygens (including phenoxy) is 2. The number of carbonyl (C=O) groups excluding carboxylic acids is 1. The first-order valence-electron chi connectivity index (χ1n) is 9.18. The second-order valence-corrected chi connectivity index (χ2v) is 8.31. The maximum absolute atomic E-state index is 12.8. The Balaban J connectivity index is 2.04. The predicted octanol–water partition coefficient (Wildman–Crippen LogP) is 5.09. The van der Waals surface area contributed by atoms with Crippen LogP contribution in [0.5, 0.6) is 11.5 Å². The van der Waals surface area contributed by atoms with Crippen molar-refractivity contribution in [2.75, 3.05) is 14.2 Å². The van der Waals surface area contributed by atoms with E-state index in [0.717, 1.165) is 28.4 Å². The molecule has 0 aromatic heterocycles. The summed E-state index contributed by atoms with van der Waals surface area (Å²) in [6.07, 6.45) is 0.887. The predicted molar refractivity (Wildman–Crippen MR) is 112 cm³/mol. The zero-order valence-electron chi connectivity index (χ0n) is 16.7. The molecule has 0 fully saturated rings. The van der Waals surface area contributed by atoms with Crippen LogP contribution in [-0.4, -0.2) is 25.4 Å². The van der Waals surface area contributed by atoms with Crippen molar-refractivity contribution in [1.82, 2.24) is 5.32 Å². The van der Waals surface area contributed by atoms with E-state index in [-0.39, 0.29) is 17.2 Å². The van der Waals surface area contributed by atoms with Crippen LogP contribution in [0.4, 0.5) is 0 Å². The molecule has 2 aromatic rings. The lowest BCUT2D eigenvalue weighted by Gasteiger charge is -2.23. The molecule has 5 heteroatoms. The van der Waals surface area contributed by atoms with E-state index in [1.54, 1.807) is 26.0 Å². The molecule has 0 aliphatic rings. The second kappa shape index (κ2) is 10.3. The van der Waals surface area contributed by atoms with E-state index < -0.39 is 0 Å². The summed E-state index contributed by atoms with van der Waals surface area (Å²) in [5, 5.41) is 3.03. The normalized spacial score (nSPS) is 13.1. The van der Waals surface area contributed by atoms with Crippen LogP contribution in [0, 0.1) is 5.92 Å². The monoisotopic (exact) mass is 387 g/mol. The van der Waals surface area contributed by atoms with Gasteiger partial charge in [-0.15, -0.1) is 11.8 Å². The average molecular weight is 388 g/mol. The highest BCUT2D eigenvalue weighted by Gasteiger charge is 2.21. The molecule has 0 aliphatic carbocycles. The lowest BCUT2D eigenvalue weighted by Crippen LogP contribution is -2.35. The maximum atomic E-state index is 12.8. The molecule has 0 aliphatic heterocycles. The van der Waals surface area contributed by atoms with Crippen LogP contribution < -0.4 is 14.8 Å². The molecule has 0 unspecified atom stereocenters. The van der Waals surface area contributed by atoms with Crippen LogP contribution in [-0.2, 0) is 4.79 Å². The first kappa shape index (κ1) is 21.2. The smallest absolute Gasteiger partial charge is 0.233 e. The summed E-state index contributed by atoms with van der Waals surface area (Å²) in [6.45, 7) is 6.26. The van der Waals surface area contributed by atoms with Gasteiger partial charge in [0.15, 0.2) is 0 Å². The average Bonchev–Trinajstić information content (AvgIpc) is 2.67. The molecule has 1 amide bonds. The lowest BCUT2D eigenvalue weighted by molar-refractivity contribution is -0.121. The number of hydrogen-bond donors (Lipinski definition) is 1. The lowest BCUT2D eigenvalue weighted by atomic mass is 9.96. The molecule has 2 aromatic carbocycles. The van der Waals surface area contributed by atoms with Crippen molar-refractivity contribution < 1.29 is 14.3 Å². The minimum atomic E-state index is -0.189. The first-order valence-corrected chi connectivity index (χ1v) is 10.1. The van der Waals surface area contributed by atoms with Gasteiger partial charge in [-0.1, -0.05) is 26.0 Å². The molecule has 27 heavy (non-hydrogen) atoms. The van der Waals surface area contributed by atoms with Gasteiger partial charge in [0, 0.05) is 4.90 Å². The summed E-state index contributed by atoms with van der Waals surface area (Å²) < 4.78 is 10.4. The van der Waals surface area contributed by atoms with E-state index in [1.807, 2.05) is 55.5 Å². The Morgan fingerprint density at radius 2 is 1.44 bits per heavy atom. The first-order chi connectivity index (χ1) is 12.9. The Morgan fingerprint density at radius 1 is 0.926 bits per heavy atom. The van der Waals surface area contributed by atoms with Crippen molar-refractivity contribution in [1.29, 1.82) is 0 Å². The van der Waals surface area contributed by atoms with Crippen molar-refractivity contribution in [2.45, 2.75) is 43.4 Å². The van der Waals surface area contributed by atoms with Crippen LogP contribution in [0.2, 0.25) is 0 Å². The number of rotatable bonds is 9. The second-order valence-electron chi connectivity index (χ2n) is 6.90. The van der Waals surface area contributed by atoms with Gasteiger partial charge >= 0.3 is 0 Å². The Kier molecular flexibility index (Phi) is 8.04. The molecular weight excluding hydrogens is 358 g/mol. The van der Waals surface area contributed by atoms with Crippen molar-refractivity contribution in [3.05, 3.63) is 54.1 Å². The third-order valence-electron chi connectivity index (χ3n) is 4.28. The van der Waals surface area contributed by atoms with Crippen molar-refractivity contribution in [3.8, 4) is 11.5 Å². The van der Waals surface area contributed by atoms with Gasteiger partial charge in [-0.3, -0.25) is 4.79 Å². The summed E-state index contributed by atoms with van der Waals surface area (Å²) in [5.41, 5.74) is 1.10. The molecule has 1 N–H and O–H groups in total. The highest BCUT2D eigenvalue weighted by molar-refractivity contribution is 8.00. The number of nitrogens with one attached hydrogen (secondary N) is 1. The van der Waals surface area contributed by atoms with Crippen LogP contribution in [0.15, 0.2) is 53.4 Å². The Hall–Kier alpha value is -2.14. The van der Waals surface area contributed by atoms with E-state index in [9.17, 15) is 4.79 Å². The van der Waals surface area contributed by atoms with E-state index in [0.29, 0.717) is 5.92 Å². The summed E-state index contributed by atoms with van der Waals surface area (Å²) in [5.74, 6) is 2.14. The quantitative estimate of drug-likeness (QED) is 0.609. The molecule has 0 spiro atoms. The maximum Gasteiger partial charge on any atom is 0.233 e. The standard InChI is InChI=1S/C22H29NO3S/c1-15(2)14-21(17-6-8-18(25-4)9-7-17)23-22(24)16(3)27-20-12-10-19(26-5)11-13-20/h6-13,15-16,21H,14H2,1-5H3,(H,23,24)/t16-,21+/m0/s1. The van der Waals surface area contributed by atoms with Gasteiger partial charge in [0.25, 0.3) is 0 Å². The third kappa shape index (κ3) is 6.51. The van der Waals surface area contributed by atoms with Crippen LogP contribution in [0.25, 0.3) is 0 Å². The molecule has 2 atom stereocenters. The number of benzene rings is 2. The SMILES string of the molecule is COc1ccc(S[C@@H](C)C(=O)N[C@H](CC(C)C)c2ccc(OC)cc2)cc1. The summed E-state index contributed by atoms with van der Waals surface area (Å²) >= 11 is 1.55. The van der Waals surface area contributed by atoms with Crippen molar-refractivity contribution >= 4 is 17.7 Å². The minimum absolute atomic E-state index is 0.0117. The largest absolute Gasteiger partial charge is 0.497 e. The zero-order valence-corrected chi connectivity index (χ0v) is 17.5. The fraction of sp³-hybridized carbons (Fsp3) is 0.409. The summed E-state index contributed by atoms with van der Waals surface area (Å²) in [7, 11) is 3.30.